The summed E-state index contributed by atoms with van der Waals surface area (Å²) >= 11 is 0. The Morgan fingerprint density at radius 2 is 1.97 bits per heavy atom. The molecule has 0 aliphatic carbocycles. The Kier molecular flexibility index (Phi) is 7.39. The van der Waals surface area contributed by atoms with E-state index in [0.717, 1.165) is 36.5 Å². The van der Waals surface area contributed by atoms with Gasteiger partial charge in [-0.15, -0.1) is 5.10 Å². The zero-order chi connectivity index (χ0) is 27.0. The first-order valence-corrected chi connectivity index (χ1v) is 17.0. The van der Waals surface area contributed by atoms with Crippen molar-refractivity contribution in [1.29, 1.82) is 0 Å². The molecule has 1 atom stereocenters. The molecule has 4 aromatic rings. The zero-order valence-electron chi connectivity index (χ0n) is 22.9. The molecule has 1 aromatic carbocycles. The van der Waals surface area contributed by atoms with Crippen LogP contribution in [-0.4, -0.2) is 58.4 Å². The van der Waals surface area contributed by atoms with E-state index < -0.39 is 14.0 Å². The predicted molar refractivity (Wildman–Crippen MR) is 152 cm³/mol. The van der Waals surface area contributed by atoms with E-state index in [0.29, 0.717) is 35.1 Å². The predicted octanol–water partition coefficient (Wildman–Crippen LogP) is 5.78. The summed E-state index contributed by atoms with van der Waals surface area (Å²) in [4.78, 5) is 20.0. The molecule has 0 unspecified atom stereocenters. The zero-order valence-corrected chi connectivity index (χ0v) is 23.9. The van der Waals surface area contributed by atoms with Gasteiger partial charge in [-0.1, -0.05) is 26.1 Å². The minimum Gasteiger partial charge on any atom is -0.361 e. The van der Waals surface area contributed by atoms with Gasteiger partial charge in [-0.25, -0.2) is 4.98 Å². The number of nitrogens with one attached hydrogen (secondary N) is 1. The highest BCUT2D eigenvalue weighted by Crippen LogP contribution is 2.34. The first-order chi connectivity index (χ1) is 18.1. The van der Waals surface area contributed by atoms with Crippen molar-refractivity contribution in [2.45, 2.75) is 57.7 Å². The number of piperidine rings is 1. The van der Waals surface area contributed by atoms with Crippen LogP contribution in [0.5, 0.6) is 0 Å². The van der Waals surface area contributed by atoms with Crippen molar-refractivity contribution in [3.63, 3.8) is 0 Å². The molecule has 1 fully saturated rings. The molecule has 38 heavy (non-hydrogen) atoms. The number of fused-ring (bicyclic) bond motifs is 2. The van der Waals surface area contributed by atoms with Crippen molar-refractivity contribution in [2.75, 3.05) is 25.5 Å². The van der Waals surface area contributed by atoms with E-state index in [4.69, 9.17) is 4.74 Å². The van der Waals surface area contributed by atoms with E-state index >= 15 is 0 Å². The molecule has 1 N–H and O–H groups in total. The number of anilines is 1. The van der Waals surface area contributed by atoms with Crippen molar-refractivity contribution in [2.24, 2.45) is 7.05 Å². The Balaban J connectivity index is 1.43. The number of rotatable bonds is 8. The summed E-state index contributed by atoms with van der Waals surface area (Å²) in [5.41, 5.74) is 3.19. The average molecular weight is 537 g/mol. The van der Waals surface area contributed by atoms with Gasteiger partial charge in [-0.2, -0.15) is 4.39 Å². The third kappa shape index (κ3) is 5.52. The maximum absolute atomic E-state index is 13.9. The molecule has 1 aliphatic heterocycles. The van der Waals surface area contributed by atoms with Gasteiger partial charge in [0.05, 0.1) is 16.4 Å². The molecule has 202 valence electrons. The molecule has 1 amide bonds. The maximum Gasteiger partial charge on any atom is 0.256 e. The van der Waals surface area contributed by atoms with E-state index in [-0.39, 0.29) is 5.91 Å². The van der Waals surface area contributed by atoms with Crippen molar-refractivity contribution >= 4 is 41.6 Å². The quantitative estimate of drug-likeness (QED) is 0.228. The second kappa shape index (κ2) is 10.6. The lowest BCUT2D eigenvalue weighted by atomic mass is 10.00. The van der Waals surface area contributed by atoms with Crippen molar-refractivity contribution in [1.82, 2.24) is 24.2 Å². The lowest BCUT2D eigenvalue weighted by Crippen LogP contribution is -2.31. The van der Waals surface area contributed by atoms with Gasteiger partial charge in [-0.3, -0.25) is 14.4 Å². The summed E-state index contributed by atoms with van der Waals surface area (Å²) in [5.74, 6) is -0.394. The second-order valence-electron chi connectivity index (χ2n) is 11.6. The molecular formula is C28H37FN6O2Si. The Morgan fingerprint density at radius 3 is 2.74 bits per heavy atom. The Bertz CT molecular complexity index is 1470. The van der Waals surface area contributed by atoms with E-state index in [9.17, 15) is 9.18 Å². The molecule has 0 radical (unpaired) electrons. The molecule has 3 aromatic heterocycles. The number of pyridine rings is 1. The van der Waals surface area contributed by atoms with Gasteiger partial charge in [0.2, 0.25) is 5.95 Å². The van der Waals surface area contributed by atoms with E-state index in [1.807, 2.05) is 12.3 Å². The van der Waals surface area contributed by atoms with Gasteiger partial charge >= 0.3 is 0 Å². The molecule has 1 aliphatic rings. The molecule has 8 nitrogen and oxygen atoms in total. The first kappa shape index (κ1) is 26.5. The maximum atomic E-state index is 13.9. The summed E-state index contributed by atoms with van der Waals surface area (Å²) in [6, 6.07) is 10.4. The van der Waals surface area contributed by atoms with Crippen LogP contribution in [0.1, 0.15) is 41.4 Å². The van der Waals surface area contributed by atoms with Crippen molar-refractivity contribution in [3.8, 4) is 0 Å². The van der Waals surface area contributed by atoms with Gasteiger partial charge in [-0.05, 0) is 56.7 Å². The number of nitrogens with zero attached hydrogens (tertiary/aromatic N) is 5. The molecule has 5 rings (SSSR count). The molecular weight excluding hydrogens is 499 g/mol. The summed E-state index contributed by atoms with van der Waals surface area (Å²) < 4.78 is 23.8. The number of aryl methyl sites for hydroxylation is 1. The third-order valence-corrected chi connectivity index (χ3v) is 9.16. The van der Waals surface area contributed by atoms with E-state index in [1.165, 1.54) is 23.2 Å². The van der Waals surface area contributed by atoms with Crippen LogP contribution in [0.3, 0.4) is 0 Å². The molecule has 0 bridgehead atoms. The van der Waals surface area contributed by atoms with Crippen LogP contribution in [0.4, 0.5) is 10.2 Å². The highest BCUT2D eigenvalue weighted by molar-refractivity contribution is 6.76. The average Bonchev–Trinajstić information content (AvgIpc) is 3.37. The molecule has 0 saturated carbocycles. The highest BCUT2D eigenvalue weighted by Gasteiger charge is 2.25. The molecule has 1 saturated heterocycles. The number of hydrogen-bond donors (Lipinski definition) is 1. The Morgan fingerprint density at radius 1 is 1.16 bits per heavy atom. The van der Waals surface area contributed by atoms with Gasteiger partial charge in [0.1, 0.15) is 12.5 Å². The summed E-state index contributed by atoms with van der Waals surface area (Å²) in [7, 11) is 2.65. The van der Waals surface area contributed by atoms with Crippen LogP contribution in [-0.2, 0) is 18.5 Å². The smallest absolute Gasteiger partial charge is 0.256 e. The fraction of sp³-hybridized carbons (Fsp3) is 0.464. The van der Waals surface area contributed by atoms with Gasteiger partial charge in [0.25, 0.3) is 5.91 Å². The van der Waals surface area contributed by atoms with Crippen LogP contribution in [0, 0.1) is 5.95 Å². The monoisotopic (exact) mass is 536 g/mol. The van der Waals surface area contributed by atoms with E-state index in [2.05, 4.69) is 57.6 Å². The number of ether oxygens (including phenoxy) is 1. The van der Waals surface area contributed by atoms with Crippen LogP contribution >= 0.6 is 0 Å². The second-order valence-corrected chi connectivity index (χ2v) is 17.2. The van der Waals surface area contributed by atoms with Crippen LogP contribution in [0.2, 0.25) is 25.7 Å². The molecule has 0 spiro atoms. The van der Waals surface area contributed by atoms with Crippen molar-refractivity contribution in [3.05, 3.63) is 53.7 Å². The molecule has 10 heteroatoms. The summed E-state index contributed by atoms with van der Waals surface area (Å²) in [6.07, 6.45) is 5.35. The standard InChI is InChI=1S/C28H37FN6O2Si/c1-33-11-7-6-8-22(33)25-15-20-17-30-26(16-23(20)35(25)18-37-12-13-38(3,4)5)31-28(36)19-9-10-21-24(14-19)34(2)32-27(21)29/h9-10,14-17,22H,6-8,11-13,18H2,1-5H3,(H,30,31,36)/t22-/m1/s1. The number of hydrogen-bond acceptors (Lipinski definition) is 5. The number of benzene rings is 1. The lowest BCUT2D eigenvalue weighted by molar-refractivity contribution is 0.0820. The number of amides is 1. The van der Waals surface area contributed by atoms with E-state index in [1.54, 1.807) is 25.2 Å². The Hall–Kier alpha value is -3.08. The van der Waals surface area contributed by atoms with Crippen LogP contribution < -0.4 is 5.32 Å². The molecule has 4 heterocycles. The summed E-state index contributed by atoms with van der Waals surface area (Å²) in [6.45, 7) is 9.34. The fourth-order valence-electron chi connectivity index (χ4n) is 5.19. The number of likely N-dealkylation sites (tertiary alicyclic amines) is 1. The highest BCUT2D eigenvalue weighted by atomic mass is 28.3. The largest absolute Gasteiger partial charge is 0.361 e. The normalized spacial score (nSPS) is 16.9. The third-order valence-electron chi connectivity index (χ3n) is 7.46. The summed E-state index contributed by atoms with van der Waals surface area (Å²) in [5, 5.41) is 8.13. The number of aromatic nitrogens is 4. The number of carbonyl (C=O) groups is 1. The topological polar surface area (TPSA) is 77.2 Å². The van der Waals surface area contributed by atoms with Gasteiger partial charge < -0.3 is 14.6 Å². The van der Waals surface area contributed by atoms with Gasteiger partial charge in [0, 0.05) is 56.7 Å². The lowest BCUT2D eigenvalue weighted by Gasteiger charge is -2.33. The SMILES string of the molecule is CN1CCCC[C@@H]1c1cc2cnc(NC(=O)c3ccc4c(F)nn(C)c4c3)cc2n1COCC[Si](C)(C)C. The first-order valence-electron chi connectivity index (χ1n) is 13.3. The van der Waals surface area contributed by atoms with Gasteiger partial charge in [0.15, 0.2) is 0 Å². The number of carbonyl (C=O) groups excluding carboxylic acids is 1. The minimum atomic E-state index is -1.20. The Labute approximate surface area is 223 Å². The van der Waals surface area contributed by atoms with Crippen molar-refractivity contribution < 1.29 is 13.9 Å². The van der Waals surface area contributed by atoms with Crippen LogP contribution in [0.15, 0.2) is 36.5 Å². The number of halogens is 1. The fourth-order valence-corrected chi connectivity index (χ4v) is 5.95. The minimum absolute atomic E-state index is 0.308. The van der Waals surface area contributed by atoms with Crippen LogP contribution in [0.25, 0.3) is 21.8 Å².